The van der Waals surface area contributed by atoms with E-state index in [2.05, 4.69) is 0 Å². The van der Waals surface area contributed by atoms with Gasteiger partial charge in [0.05, 0.1) is 11.6 Å². The van der Waals surface area contributed by atoms with Crippen LogP contribution < -0.4 is 5.69 Å². The highest BCUT2D eigenvalue weighted by Gasteiger charge is 2.07. The van der Waals surface area contributed by atoms with E-state index in [9.17, 15) is 9.18 Å². The molecule has 2 aromatic rings. The minimum absolute atomic E-state index is 0.0887. The molecule has 0 spiro atoms. The van der Waals surface area contributed by atoms with Crippen LogP contribution in [0.2, 0.25) is 5.02 Å². The van der Waals surface area contributed by atoms with Crippen LogP contribution in [0.1, 0.15) is 25.5 Å². The lowest BCUT2D eigenvalue weighted by Crippen LogP contribution is -2.25. The van der Waals surface area contributed by atoms with Crippen molar-refractivity contribution in [1.82, 2.24) is 9.13 Å². The zero-order valence-electron chi connectivity index (χ0n) is 10.2. The Morgan fingerprint density at radius 2 is 2.06 bits per heavy atom. The van der Waals surface area contributed by atoms with Crippen molar-refractivity contribution in [3.63, 3.8) is 0 Å². The van der Waals surface area contributed by atoms with Gasteiger partial charge in [0.2, 0.25) is 0 Å². The minimum atomic E-state index is -0.467. The molecule has 0 aliphatic carbocycles. The topological polar surface area (TPSA) is 26.9 Å². The van der Waals surface area contributed by atoms with Crippen molar-refractivity contribution in [3.8, 4) is 0 Å². The van der Waals surface area contributed by atoms with Crippen LogP contribution in [0.25, 0.3) is 0 Å². The molecular formula is C13H14ClFN2O. The highest BCUT2D eigenvalue weighted by Crippen LogP contribution is 2.16. The average Bonchev–Trinajstić information content (AvgIpc) is 2.66. The molecular weight excluding hydrogens is 255 g/mol. The third kappa shape index (κ3) is 2.48. The van der Waals surface area contributed by atoms with E-state index in [0.29, 0.717) is 12.1 Å². The van der Waals surface area contributed by atoms with E-state index in [-0.39, 0.29) is 16.8 Å². The highest BCUT2D eigenvalue weighted by atomic mass is 35.5. The molecule has 18 heavy (non-hydrogen) atoms. The van der Waals surface area contributed by atoms with E-state index in [4.69, 9.17) is 11.6 Å². The fourth-order valence-electron chi connectivity index (χ4n) is 1.78. The molecule has 0 amide bonds. The maximum atomic E-state index is 13.3. The standard InChI is InChI=1S/C13H14ClFN2O/c1-9(2)17-6-5-16(13(17)18)8-10-3-4-11(14)12(15)7-10/h3-7,9H,8H2,1-2H3. The Morgan fingerprint density at radius 1 is 1.33 bits per heavy atom. The van der Waals surface area contributed by atoms with Crippen molar-refractivity contribution in [2.45, 2.75) is 26.4 Å². The molecule has 0 N–H and O–H groups in total. The van der Waals surface area contributed by atoms with Crippen LogP contribution in [-0.2, 0) is 6.54 Å². The van der Waals surface area contributed by atoms with E-state index >= 15 is 0 Å². The average molecular weight is 269 g/mol. The van der Waals surface area contributed by atoms with Gasteiger partial charge in [0, 0.05) is 18.4 Å². The Bertz CT molecular complexity index is 616. The molecule has 3 nitrogen and oxygen atoms in total. The molecule has 5 heteroatoms. The molecule has 0 saturated carbocycles. The number of benzene rings is 1. The number of hydrogen-bond donors (Lipinski definition) is 0. The molecule has 0 aliphatic rings. The molecule has 1 aromatic heterocycles. The Labute approximate surface area is 109 Å². The van der Waals surface area contributed by atoms with Gasteiger partial charge < -0.3 is 0 Å². The van der Waals surface area contributed by atoms with Crippen LogP contribution >= 0.6 is 11.6 Å². The maximum absolute atomic E-state index is 13.3. The second-order valence-electron chi connectivity index (χ2n) is 4.46. The summed E-state index contributed by atoms with van der Waals surface area (Å²) in [7, 11) is 0. The largest absolute Gasteiger partial charge is 0.328 e. The van der Waals surface area contributed by atoms with E-state index < -0.39 is 5.82 Å². The lowest BCUT2D eigenvalue weighted by atomic mass is 10.2. The number of imidazole rings is 1. The predicted octanol–water partition coefficient (Wildman–Crippen LogP) is 3.07. The summed E-state index contributed by atoms with van der Waals surface area (Å²) in [6.45, 7) is 4.22. The van der Waals surface area contributed by atoms with E-state index in [1.165, 1.54) is 12.1 Å². The summed E-state index contributed by atoms with van der Waals surface area (Å²) in [4.78, 5) is 12.0. The van der Waals surface area contributed by atoms with Gasteiger partial charge in [-0.25, -0.2) is 9.18 Å². The van der Waals surface area contributed by atoms with Gasteiger partial charge in [-0.1, -0.05) is 17.7 Å². The second kappa shape index (κ2) is 4.98. The van der Waals surface area contributed by atoms with E-state index in [1.807, 2.05) is 13.8 Å². The number of aromatic nitrogens is 2. The predicted molar refractivity (Wildman–Crippen MR) is 69.6 cm³/mol. The summed E-state index contributed by atoms with van der Waals surface area (Å²) in [6.07, 6.45) is 3.44. The molecule has 0 fully saturated rings. The molecule has 1 aromatic carbocycles. The molecule has 96 valence electrons. The van der Waals surface area contributed by atoms with Crippen molar-refractivity contribution in [3.05, 3.63) is 57.5 Å². The quantitative estimate of drug-likeness (QED) is 0.840. The number of nitrogens with zero attached hydrogens (tertiary/aromatic N) is 2. The molecule has 0 bridgehead atoms. The molecule has 0 saturated heterocycles. The Hall–Kier alpha value is -1.55. The molecule has 0 aliphatic heterocycles. The fourth-order valence-corrected chi connectivity index (χ4v) is 1.89. The first-order valence-electron chi connectivity index (χ1n) is 5.70. The molecule has 0 unspecified atom stereocenters. The van der Waals surface area contributed by atoms with Gasteiger partial charge in [0.25, 0.3) is 0 Å². The van der Waals surface area contributed by atoms with Gasteiger partial charge in [-0.15, -0.1) is 0 Å². The highest BCUT2D eigenvalue weighted by molar-refractivity contribution is 6.30. The summed E-state index contributed by atoms with van der Waals surface area (Å²) < 4.78 is 16.5. The van der Waals surface area contributed by atoms with Crippen molar-refractivity contribution < 1.29 is 4.39 Å². The van der Waals surface area contributed by atoms with Crippen LogP contribution in [0, 0.1) is 5.82 Å². The van der Waals surface area contributed by atoms with Crippen molar-refractivity contribution in [1.29, 1.82) is 0 Å². The van der Waals surface area contributed by atoms with E-state index in [0.717, 1.165) is 0 Å². The first-order valence-corrected chi connectivity index (χ1v) is 6.08. The Morgan fingerprint density at radius 3 is 2.61 bits per heavy atom. The summed E-state index contributed by atoms with van der Waals surface area (Å²) in [5.74, 6) is -0.467. The van der Waals surface area contributed by atoms with Gasteiger partial charge in [-0.05, 0) is 31.5 Å². The Balaban J connectivity index is 2.29. The summed E-state index contributed by atoms with van der Waals surface area (Å²) in [6, 6.07) is 4.67. The third-order valence-electron chi connectivity index (χ3n) is 2.77. The third-order valence-corrected chi connectivity index (χ3v) is 3.07. The first-order chi connectivity index (χ1) is 8.49. The van der Waals surface area contributed by atoms with Gasteiger partial charge >= 0.3 is 5.69 Å². The zero-order chi connectivity index (χ0) is 13.3. The lowest BCUT2D eigenvalue weighted by molar-refractivity contribution is 0.560. The van der Waals surface area contributed by atoms with Crippen LogP contribution in [0.3, 0.4) is 0 Å². The summed E-state index contributed by atoms with van der Waals surface area (Å²) in [5, 5.41) is 0.0887. The molecule has 2 rings (SSSR count). The maximum Gasteiger partial charge on any atom is 0.328 e. The molecule has 1 heterocycles. The number of halogens is 2. The fraction of sp³-hybridized carbons (Fsp3) is 0.308. The normalized spacial score (nSPS) is 11.2. The summed E-state index contributed by atoms with van der Waals surface area (Å²) in [5.41, 5.74) is 0.612. The lowest BCUT2D eigenvalue weighted by Gasteiger charge is -2.05. The minimum Gasteiger partial charge on any atom is -0.297 e. The smallest absolute Gasteiger partial charge is 0.297 e. The van der Waals surface area contributed by atoms with Crippen molar-refractivity contribution >= 4 is 11.6 Å². The molecule has 0 radical (unpaired) electrons. The van der Waals surface area contributed by atoms with Gasteiger partial charge in [0.1, 0.15) is 5.82 Å². The summed E-state index contributed by atoms with van der Waals surface area (Å²) >= 11 is 5.61. The SMILES string of the molecule is CC(C)n1ccn(Cc2ccc(Cl)c(F)c2)c1=O. The van der Waals surface area contributed by atoms with Crippen molar-refractivity contribution in [2.24, 2.45) is 0 Å². The Kier molecular flexibility index (Phi) is 3.57. The van der Waals surface area contributed by atoms with Crippen molar-refractivity contribution in [2.75, 3.05) is 0 Å². The first kappa shape index (κ1) is 12.9. The zero-order valence-corrected chi connectivity index (χ0v) is 11.0. The van der Waals surface area contributed by atoms with Crippen LogP contribution in [-0.4, -0.2) is 9.13 Å². The van der Waals surface area contributed by atoms with E-state index in [1.54, 1.807) is 27.6 Å². The van der Waals surface area contributed by atoms with Crippen LogP contribution in [0.4, 0.5) is 4.39 Å². The monoisotopic (exact) mass is 268 g/mol. The van der Waals surface area contributed by atoms with Gasteiger partial charge in [-0.2, -0.15) is 0 Å². The number of rotatable bonds is 3. The molecule has 0 atom stereocenters. The van der Waals surface area contributed by atoms with Gasteiger partial charge in [-0.3, -0.25) is 9.13 Å². The van der Waals surface area contributed by atoms with Crippen LogP contribution in [0.5, 0.6) is 0 Å². The number of hydrogen-bond acceptors (Lipinski definition) is 1. The van der Waals surface area contributed by atoms with Gasteiger partial charge in [0.15, 0.2) is 0 Å². The van der Waals surface area contributed by atoms with Crippen LogP contribution in [0.15, 0.2) is 35.4 Å². The second-order valence-corrected chi connectivity index (χ2v) is 4.87.